The molecule has 31 heavy (non-hydrogen) atoms. The molecule has 3 heterocycles. The summed E-state index contributed by atoms with van der Waals surface area (Å²) < 4.78 is 29.1. The summed E-state index contributed by atoms with van der Waals surface area (Å²) in [6.45, 7) is -1.10. The van der Waals surface area contributed by atoms with Crippen molar-refractivity contribution in [2.24, 2.45) is 5.92 Å². The maximum absolute atomic E-state index is 12.7. The Hall–Kier alpha value is -3.66. The van der Waals surface area contributed by atoms with Crippen LogP contribution < -0.4 is 20.7 Å². The number of methoxy groups -OCH3 is 1. The van der Waals surface area contributed by atoms with Gasteiger partial charge in [0.15, 0.2) is 5.75 Å². The fourth-order valence-corrected chi connectivity index (χ4v) is 3.29. The molecule has 3 aromatic heterocycles. The summed E-state index contributed by atoms with van der Waals surface area (Å²) in [4.78, 5) is 29.0. The number of carbonyl (C=O) groups is 2. The van der Waals surface area contributed by atoms with E-state index in [-0.39, 0.29) is 28.9 Å². The van der Waals surface area contributed by atoms with Gasteiger partial charge in [-0.2, -0.15) is 5.10 Å². The number of fused-ring (bicyclic) bond motifs is 1. The molecule has 1 fully saturated rings. The largest absolute Gasteiger partial charge is 0.494 e. The van der Waals surface area contributed by atoms with E-state index in [0.717, 1.165) is 12.8 Å². The lowest BCUT2D eigenvalue weighted by Gasteiger charge is -2.15. The van der Waals surface area contributed by atoms with Crippen molar-refractivity contribution in [2.45, 2.75) is 25.9 Å². The quantitative estimate of drug-likeness (QED) is 0.455. The van der Waals surface area contributed by atoms with Crippen LogP contribution in [0.5, 0.6) is 5.75 Å². The van der Waals surface area contributed by atoms with Gasteiger partial charge in [-0.25, -0.2) is 9.50 Å². The zero-order chi connectivity index (χ0) is 24.6. The van der Waals surface area contributed by atoms with Gasteiger partial charge in [-0.3, -0.25) is 9.59 Å². The van der Waals surface area contributed by atoms with Gasteiger partial charge in [-0.1, -0.05) is 0 Å². The summed E-state index contributed by atoms with van der Waals surface area (Å²) in [7, 11) is 1.46. The number of nitrogens with one attached hydrogen (secondary N) is 3. The first-order valence-electron chi connectivity index (χ1n) is 11.2. The highest BCUT2D eigenvalue weighted by molar-refractivity contribution is 6.02. The monoisotopic (exact) mass is 427 g/mol. The molecule has 0 spiro atoms. The Morgan fingerprint density at radius 3 is 2.84 bits per heavy atom. The van der Waals surface area contributed by atoms with Crippen LogP contribution >= 0.6 is 0 Å². The van der Waals surface area contributed by atoms with Gasteiger partial charge in [0.2, 0.25) is 5.91 Å². The zero-order valence-corrected chi connectivity index (χ0v) is 17.0. The van der Waals surface area contributed by atoms with E-state index < -0.39 is 19.0 Å². The third kappa shape index (κ3) is 4.02. The lowest BCUT2D eigenvalue weighted by Crippen LogP contribution is -2.20. The molecule has 0 radical (unpaired) electrons. The highest BCUT2D eigenvalue weighted by Gasteiger charge is 2.30. The Labute approximate surface area is 182 Å². The first kappa shape index (κ1) is 17.1. The van der Waals surface area contributed by atoms with Crippen molar-refractivity contribution in [3.63, 3.8) is 0 Å². The standard InChI is InChI=1S/C21H24N6O4/c1-11(28)13-6-7-27-18(19(13)31-3)16(10-24-27)25-15-8-17(26-20(29)12-4-5-12)23-9-14(15)21(30)22-2/h6-12,28H,4-5H2,1-3H3,(H,22,30)(H2,23,25,26,29)/i2D3. The summed E-state index contributed by atoms with van der Waals surface area (Å²) in [5.74, 6) is -0.514. The van der Waals surface area contributed by atoms with Crippen LogP contribution in [0.4, 0.5) is 17.2 Å². The van der Waals surface area contributed by atoms with E-state index in [9.17, 15) is 14.7 Å². The molecular formula is C21H24N6O4. The van der Waals surface area contributed by atoms with Crippen LogP contribution in [-0.4, -0.2) is 45.6 Å². The number of ether oxygens (including phenoxy) is 1. The second-order valence-electron chi connectivity index (χ2n) is 7.29. The molecular weight excluding hydrogens is 400 g/mol. The molecule has 0 aliphatic heterocycles. The molecule has 4 rings (SSSR count). The number of nitrogens with zero attached hydrogens (tertiary/aromatic N) is 3. The van der Waals surface area contributed by atoms with Gasteiger partial charge in [0.25, 0.3) is 5.91 Å². The second-order valence-corrected chi connectivity index (χ2v) is 7.29. The summed E-state index contributed by atoms with van der Waals surface area (Å²) in [6.07, 6.45) is 5.15. The highest BCUT2D eigenvalue weighted by Crippen LogP contribution is 2.36. The van der Waals surface area contributed by atoms with Gasteiger partial charge in [0.05, 0.1) is 36.3 Å². The minimum Gasteiger partial charge on any atom is -0.494 e. The number of hydrogen-bond acceptors (Lipinski definition) is 7. The molecule has 3 aromatic rings. The summed E-state index contributed by atoms with van der Waals surface area (Å²) in [5, 5.41) is 22.1. The van der Waals surface area contributed by atoms with Crippen molar-refractivity contribution in [3.05, 3.63) is 41.9 Å². The topological polar surface area (TPSA) is 130 Å². The Kier molecular flexibility index (Phi) is 4.53. The number of aliphatic hydroxyl groups is 1. The molecule has 0 bridgehead atoms. The van der Waals surface area contributed by atoms with Gasteiger partial charge in [0, 0.05) is 41.0 Å². The summed E-state index contributed by atoms with van der Waals surface area (Å²) in [5.41, 5.74) is 1.59. The van der Waals surface area contributed by atoms with Crippen LogP contribution in [0, 0.1) is 5.92 Å². The molecule has 1 aliphatic rings. The zero-order valence-electron chi connectivity index (χ0n) is 20.0. The van der Waals surface area contributed by atoms with Crippen molar-refractivity contribution in [2.75, 3.05) is 24.7 Å². The smallest absolute Gasteiger partial charge is 0.254 e. The Morgan fingerprint density at radius 1 is 1.35 bits per heavy atom. The maximum atomic E-state index is 12.7. The van der Waals surface area contributed by atoms with Crippen LogP contribution in [-0.2, 0) is 4.79 Å². The van der Waals surface area contributed by atoms with E-state index in [2.05, 4.69) is 20.7 Å². The van der Waals surface area contributed by atoms with Gasteiger partial charge in [0.1, 0.15) is 11.3 Å². The molecule has 2 amide bonds. The predicted molar refractivity (Wildman–Crippen MR) is 115 cm³/mol. The van der Waals surface area contributed by atoms with Crippen LogP contribution in [0.2, 0.25) is 0 Å². The average Bonchev–Trinajstić information content (AvgIpc) is 3.53. The molecule has 1 atom stereocenters. The minimum atomic E-state index is -2.70. The number of hydrogen-bond donors (Lipinski definition) is 4. The Balaban J connectivity index is 1.77. The van der Waals surface area contributed by atoms with Crippen LogP contribution in [0.3, 0.4) is 0 Å². The van der Waals surface area contributed by atoms with Crippen LogP contribution in [0.1, 0.15) is 45.9 Å². The summed E-state index contributed by atoms with van der Waals surface area (Å²) >= 11 is 0. The fraction of sp³-hybridized carbons (Fsp3) is 0.333. The number of aliphatic hydroxyl groups excluding tert-OH is 1. The fourth-order valence-electron chi connectivity index (χ4n) is 3.29. The van der Waals surface area contributed by atoms with Crippen molar-refractivity contribution in [3.8, 4) is 5.75 Å². The van der Waals surface area contributed by atoms with E-state index >= 15 is 0 Å². The molecule has 1 saturated carbocycles. The van der Waals surface area contributed by atoms with Crippen molar-refractivity contribution in [1.29, 1.82) is 0 Å². The van der Waals surface area contributed by atoms with Gasteiger partial charge < -0.3 is 25.8 Å². The second kappa shape index (κ2) is 8.23. The summed E-state index contributed by atoms with van der Waals surface area (Å²) in [6, 6.07) is 3.13. The van der Waals surface area contributed by atoms with Crippen molar-refractivity contribution >= 4 is 34.5 Å². The predicted octanol–water partition coefficient (Wildman–Crippen LogP) is 2.24. The number of rotatable bonds is 7. The van der Waals surface area contributed by atoms with Gasteiger partial charge in [-0.05, 0) is 25.8 Å². The maximum Gasteiger partial charge on any atom is 0.254 e. The molecule has 0 aromatic carbocycles. The molecule has 4 N–H and O–H groups in total. The highest BCUT2D eigenvalue weighted by atomic mass is 16.5. The first-order valence-corrected chi connectivity index (χ1v) is 9.70. The number of pyridine rings is 2. The van der Waals surface area contributed by atoms with Crippen LogP contribution in [0.15, 0.2) is 30.7 Å². The molecule has 10 heteroatoms. The number of amides is 2. The molecule has 1 aliphatic carbocycles. The van der Waals surface area contributed by atoms with Crippen molar-refractivity contribution in [1.82, 2.24) is 19.9 Å². The third-order valence-corrected chi connectivity index (χ3v) is 5.05. The lowest BCUT2D eigenvalue weighted by molar-refractivity contribution is -0.117. The Morgan fingerprint density at radius 2 is 2.16 bits per heavy atom. The normalized spacial score (nSPS) is 16.0. The average molecular weight is 427 g/mol. The molecule has 162 valence electrons. The Bertz CT molecular complexity index is 1250. The first-order chi connectivity index (χ1) is 16.1. The van der Waals surface area contributed by atoms with Crippen LogP contribution in [0.25, 0.3) is 5.52 Å². The van der Waals surface area contributed by atoms with E-state index in [1.54, 1.807) is 19.2 Å². The molecule has 0 saturated heterocycles. The number of aromatic nitrogens is 3. The van der Waals surface area contributed by atoms with E-state index in [1.165, 1.54) is 30.1 Å². The van der Waals surface area contributed by atoms with Gasteiger partial charge in [-0.15, -0.1) is 0 Å². The van der Waals surface area contributed by atoms with E-state index in [1.807, 2.05) is 5.32 Å². The number of anilines is 3. The van der Waals surface area contributed by atoms with Gasteiger partial charge >= 0.3 is 0 Å². The van der Waals surface area contributed by atoms with Crippen molar-refractivity contribution < 1.29 is 23.5 Å². The van der Waals surface area contributed by atoms with E-state index in [0.29, 0.717) is 22.5 Å². The minimum absolute atomic E-state index is 0.0504. The molecule has 1 unspecified atom stereocenters. The SMILES string of the molecule is [2H]C([2H])([2H])NC(=O)c1cnc(NC(=O)C2CC2)cc1Nc1cnn2ccc(C(C)O)c(OC)c12. The molecule has 10 nitrogen and oxygen atoms in total. The lowest BCUT2D eigenvalue weighted by atomic mass is 10.1. The van der Waals surface area contributed by atoms with E-state index in [4.69, 9.17) is 8.85 Å². The number of carbonyl (C=O) groups excluding carboxylic acids is 2. The third-order valence-electron chi connectivity index (χ3n) is 5.05.